The Morgan fingerprint density at radius 2 is 2.03 bits per heavy atom. The molecule has 2 bridgehead atoms. The first-order chi connectivity index (χ1) is 16.9. The Labute approximate surface area is 202 Å². The second kappa shape index (κ2) is 9.54. The Hall–Kier alpha value is -3.65. The van der Waals surface area contributed by atoms with E-state index in [1.165, 1.54) is 12.4 Å². The highest BCUT2D eigenvalue weighted by atomic mass is 19.1. The van der Waals surface area contributed by atoms with Gasteiger partial charge in [0.25, 0.3) is 5.88 Å². The van der Waals surface area contributed by atoms with Gasteiger partial charge in [0.2, 0.25) is 5.75 Å². The summed E-state index contributed by atoms with van der Waals surface area (Å²) in [7, 11) is 0. The van der Waals surface area contributed by atoms with E-state index in [1.54, 1.807) is 21.9 Å². The highest BCUT2D eigenvalue weighted by molar-refractivity contribution is 5.70. The largest absolute Gasteiger partial charge is 0.483 e. The molecule has 5 rings (SSSR count). The van der Waals surface area contributed by atoms with Gasteiger partial charge in [-0.05, 0) is 32.0 Å². The first kappa shape index (κ1) is 23.1. The molecule has 1 aromatic heterocycles. The molecule has 3 aliphatic rings. The maximum Gasteiger partial charge on any atom is 0.410 e. The van der Waals surface area contributed by atoms with E-state index in [4.69, 9.17) is 24.2 Å². The van der Waals surface area contributed by atoms with Crippen molar-refractivity contribution in [2.45, 2.75) is 26.1 Å². The van der Waals surface area contributed by atoms with Crippen molar-refractivity contribution in [2.24, 2.45) is 11.8 Å². The average molecular weight is 484 g/mol. The molecule has 35 heavy (non-hydrogen) atoms. The third kappa shape index (κ3) is 4.53. The lowest BCUT2D eigenvalue weighted by molar-refractivity contribution is -0.111. The minimum absolute atomic E-state index is 0.0662. The van der Waals surface area contributed by atoms with E-state index in [0.29, 0.717) is 50.1 Å². The normalized spacial score (nSPS) is 23.2. The molecule has 2 saturated heterocycles. The molecule has 184 valence electrons. The van der Waals surface area contributed by atoms with Crippen molar-refractivity contribution in [1.82, 2.24) is 14.9 Å². The first-order valence-electron chi connectivity index (χ1n) is 11.6. The summed E-state index contributed by atoms with van der Waals surface area (Å²) in [5.41, 5.74) is 0.532. The number of piperidine rings is 1. The molecule has 11 heteroatoms. The smallest absolute Gasteiger partial charge is 0.410 e. The van der Waals surface area contributed by atoms with Crippen molar-refractivity contribution in [3.63, 3.8) is 0 Å². The van der Waals surface area contributed by atoms with Crippen molar-refractivity contribution in [3.8, 4) is 17.7 Å². The average Bonchev–Trinajstić information content (AvgIpc) is 2.83. The number of anilines is 2. The molecule has 2 aromatic rings. The third-order valence-electron chi connectivity index (χ3n) is 6.28. The van der Waals surface area contributed by atoms with E-state index in [2.05, 4.69) is 9.97 Å². The SMILES string of the molecule is CC(C)OC(=O)N1CC2COCC(C1)C2Oc1ncnc2c1OCCN2c1ccc(C#N)cc1F. The second-order valence-electron chi connectivity index (χ2n) is 9.09. The van der Waals surface area contributed by atoms with Crippen molar-refractivity contribution in [2.75, 3.05) is 44.4 Å². The minimum atomic E-state index is -0.523. The van der Waals surface area contributed by atoms with Crippen LogP contribution >= 0.6 is 0 Å². The van der Waals surface area contributed by atoms with Crippen LogP contribution in [0.2, 0.25) is 0 Å². The summed E-state index contributed by atoms with van der Waals surface area (Å²) >= 11 is 0. The Kier molecular flexibility index (Phi) is 6.30. The zero-order valence-corrected chi connectivity index (χ0v) is 19.5. The van der Waals surface area contributed by atoms with E-state index < -0.39 is 5.82 Å². The number of fused-ring (bicyclic) bond motifs is 3. The van der Waals surface area contributed by atoms with Gasteiger partial charge in [-0.25, -0.2) is 14.2 Å². The van der Waals surface area contributed by atoms with Gasteiger partial charge in [-0.15, -0.1) is 0 Å². The number of rotatable bonds is 4. The molecule has 3 aliphatic heterocycles. The molecular formula is C24H26FN5O5. The number of halogens is 1. The van der Waals surface area contributed by atoms with Gasteiger partial charge in [0.15, 0.2) is 5.82 Å². The van der Waals surface area contributed by atoms with Crippen LogP contribution in [0.5, 0.6) is 11.6 Å². The van der Waals surface area contributed by atoms with Crippen LogP contribution in [0.1, 0.15) is 19.4 Å². The standard InChI is InChI=1S/C24H26FN5O5/c1-14(2)34-24(31)29-9-16-11-32-12-17(10-29)20(16)35-23-21-22(27-13-28-23)30(5-6-33-21)19-4-3-15(8-26)7-18(19)25/h3-4,7,13-14,16-17,20H,5-6,9-12H2,1-2H3. The lowest BCUT2D eigenvalue weighted by Gasteiger charge is -2.46. The van der Waals surface area contributed by atoms with Crippen LogP contribution in [-0.4, -0.2) is 72.6 Å². The molecule has 0 saturated carbocycles. The Bertz CT molecular complexity index is 1140. The lowest BCUT2D eigenvalue weighted by atomic mass is 9.84. The maximum absolute atomic E-state index is 14.8. The second-order valence-corrected chi connectivity index (χ2v) is 9.09. The van der Waals surface area contributed by atoms with Crippen LogP contribution in [0.25, 0.3) is 0 Å². The predicted molar refractivity (Wildman–Crippen MR) is 121 cm³/mol. The molecule has 0 spiro atoms. The van der Waals surface area contributed by atoms with Gasteiger partial charge in [0, 0.05) is 24.9 Å². The summed E-state index contributed by atoms with van der Waals surface area (Å²) in [6.45, 7) is 6.10. The van der Waals surface area contributed by atoms with Gasteiger partial charge in [-0.2, -0.15) is 10.2 Å². The number of ether oxygens (including phenoxy) is 4. The van der Waals surface area contributed by atoms with Crippen molar-refractivity contribution in [3.05, 3.63) is 35.9 Å². The number of hydrogen-bond acceptors (Lipinski definition) is 9. The quantitative estimate of drug-likeness (QED) is 0.648. The molecule has 4 heterocycles. The summed E-state index contributed by atoms with van der Waals surface area (Å²) in [5.74, 6) is 0.346. The molecule has 2 unspecified atom stereocenters. The fraction of sp³-hybridized carbons (Fsp3) is 0.500. The van der Waals surface area contributed by atoms with Crippen LogP contribution in [0.15, 0.2) is 24.5 Å². The van der Waals surface area contributed by atoms with Crippen molar-refractivity contribution in [1.29, 1.82) is 5.26 Å². The summed E-state index contributed by atoms with van der Waals surface area (Å²) < 4.78 is 38.1. The lowest BCUT2D eigenvalue weighted by Crippen LogP contribution is -2.58. The molecular weight excluding hydrogens is 457 g/mol. The Morgan fingerprint density at radius 3 is 2.71 bits per heavy atom. The van der Waals surface area contributed by atoms with Gasteiger partial charge in [-0.3, -0.25) is 0 Å². The molecule has 0 radical (unpaired) electrons. The Balaban J connectivity index is 1.38. The van der Waals surface area contributed by atoms with Gasteiger partial charge in [-0.1, -0.05) is 0 Å². The summed E-state index contributed by atoms with van der Waals surface area (Å²) in [6, 6.07) is 6.25. The molecule has 0 N–H and O–H groups in total. The summed E-state index contributed by atoms with van der Waals surface area (Å²) in [6.07, 6.45) is 0.592. The summed E-state index contributed by atoms with van der Waals surface area (Å²) in [5, 5.41) is 9.04. The molecule has 0 aliphatic carbocycles. The van der Waals surface area contributed by atoms with E-state index in [0.717, 1.165) is 0 Å². The topological polar surface area (TPSA) is 110 Å². The Morgan fingerprint density at radius 1 is 1.26 bits per heavy atom. The van der Waals surface area contributed by atoms with E-state index in [9.17, 15) is 9.18 Å². The number of likely N-dealkylation sites (tertiary alicyclic amines) is 1. The first-order valence-corrected chi connectivity index (χ1v) is 11.6. The number of carbonyl (C=O) groups excluding carboxylic acids is 1. The number of aromatic nitrogens is 2. The van der Waals surface area contributed by atoms with Crippen LogP contribution < -0.4 is 14.4 Å². The molecule has 2 fully saturated rings. The minimum Gasteiger partial charge on any atom is -0.483 e. The molecule has 1 amide bonds. The van der Waals surface area contributed by atoms with Crippen LogP contribution in [0, 0.1) is 29.0 Å². The van der Waals surface area contributed by atoms with Gasteiger partial charge < -0.3 is 28.7 Å². The van der Waals surface area contributed by atoms with Crippen LogP contribution in [0.3, 0.4) is 0 Å². The van der Waals surface area contributed by atoms with Gasteiger partial charge >= 0.3 is 6.09 Å². The highest BCUT2D eigenvalue weighted by Crippen LogP contribution is 2.42. The number of amides is 1. The van der Waals surface area contributed by atoms with Crippen molar-refractivity contribution < 1.29 is 28.1 Å². The number of nitriles is 1. The summed E-state index contributed by atoms with van der Waals surface area (Å²) in [4.78, 5) is 24.5. The number of hydrogen-bond donors (Lipinski definition) is 0. The third-order valence-corrected chi connectivity index (χ3v) is 6.28. The molecule has 2 atom stereocenters. The van der Waals surface area contributed by atoms with Gasteiger partial charge in [0.05, 0.1) is 43.2 Å². The maximum atomic E-state index is 14.8. The number of benzene rings is 1. The highest BCUT2D eigenvalue weighted by Gasteiger charge is 2.45. The zero-order chi connectivity index (χ0) is 24.5. The van der Waals surface area contributed by atoms with Gasteiger partial charge in [0.1, 0.15) is 24.9 Å². The predicted octanol–water partition coefficient (Wildman–Crippen LogP) is 2.89. The van der Waals surface area contributed by atoms with E-state index in [1.807, 2.05) is 19.9 Å². The molecule has 1 aromatic carbocycles. The van der Waals surface area contributed by atoms with Crippen LogP contribution in [-0.2, 0) is 9.47 Å². The zero-order valence-electron chi connectivity index (χ0n) is 19.5. The van der Waals surface area contributed by atoms with E-state index >= 15 is 0 Å². The van der Waals surface area contributed by atoms with Crippen LogP contribution in [0.4, 0.5) is 20.7 Å². The fourth-order valence-corrected chi connectivity index (χ4v) is 4.77. The number of carbonyl (C=O) groups is 1. The van der Waals surface area contributed by atoms with Crippen molar-refractivity contribution >= 4 is 17.6 Å². The molecule has 10 nitrogen and oxygen atoms in total. The number of nitrogens with zero attached hydrogens (tertiary/aromatic N) is 5. The monoisotopic (exact) mass is 483 g/mol. The fourth-order valence-electron chi connectivity index (χ4n) is 4.77. The van der Waals surface area contributed by atoms with E-state index in [-0.39, 0.29) is 48.2 Å².